The number of carbonyl (C=O) groups is 1. The maximum absolute atomic E-state index is 12.4. The Balaban J connectivity index is 2.37. The topological polar surface area (TPSA) is 84.9 Å². The van der Waals surface area contributed by atoms with E-state index in [1.165, 1.54) is 10.8 Å². The highest BCUT2D eigenvalue weighted by Crippen LogP contribution is 2.08. The summed E-state index contributed by atoms with van der Waals surface area (Å²) in [5.41, 5.74) is 0.0979. The molecule has 0 spiro atoms. The van der Waals surface area contributed by atoms with Gasteiger partial charge < -0.3 is 0 Å². The number of nitrogens with zero attached hydrogens (tertiary/aromatic N) is 3. The lowest BCUT2D eigenvalue weighted by atomic mass is 10.1. The fraction of sp³-hybridized carbons (Fsp3) is 0.333. The number of aryl methyl sites for hydroxylation is 2. The Morgan fingerprint density at radius 3 is 2.38 bits per heavy atom. The Hall–Kier alpha value is -2.94. The monoisotopic (exact) mass is 325 g/mol. The van der Waals surface area contributed by atoms with E-state index in [1.54, 1.807) is 25.1 Å². The number of rotatable bonds is 6. The second-order valence-corrected chi connectivity index (χ2v) is 5.48. The Labute approximate surface area is 139 Å². The normalized spacial score (nSPS) is 10.4. The lowest BCUT2D eigenvalue weighted by molar-refractivity contribution is 0.0968. The number of hydrogen-bond acceptors (Lipinski definition) is 4. The van der Waals surface area contributed by atoms with E-state index >= 15 is 0 Å². The van der Waals surface area contributed by atoms with Crippen LogP contribution in [0.3, 0.4) is 0 Å². The highest BCUT2D eigenvalue weighted by molar-refractivity contribution is 5.95. The van der Waals surface area contributed by atoms with Gasteiger partial charge in [0.1, 0.15) is 11.6 Å². The average Bonchev–Trinajstić information content (AvgIpc) is 2.59. The largest absolute Gasteiger partial charge is 0.331 e. The van der Waals surface area contributed by atoms with Gasteiger partial charge in [-0.05, 0) is 18.9 Å². The van der Waals surface area contributed by atoms with Gasteiger partial charge in [-0.15, -0.1) is 0 Å². The highest BCUT2D eigenvalue weighted by Gasteiger charge is 2.15. The SMILES string of the molecule is CCCc1ccc(C(=O)Cn2c(=O)c(C#N)cn(CC)c2=O)cc1. The van der Waals surface area contributed by atoms with Crippen molar-refractivity contribution in [2.45, 2.75) is 39.8 Å². The molecule has 0 radical (unpaired) electrons. The van der Waals surface area contributed by atoms with Crippen LogP contribution in [0.4, 0.5) is 0 Å². The molecule has 1 aromatic carbocycles. The molecule has 0 N–H and O–H groups in total. The molecule has 24 heavy (non-hydrogen) atoms. The van der Waals surface area contributed by atoms with Crippen molar-refractivity contribution < 1.29 is 4.79 Å². The van der Waals surface area contributed by atoms with Gasteiger partial charge in [-0.25, -0.2) is 4.79 Å². The Morgan fingerprint density at radius 2 is 1.83 bits per heavy atom. The Bertz CT molecular complexity index is 899. The molecule has 0 saturated carbocycles. The van der Waals surface area contributed by atoms with Crippen molar-refractivity contribution in [3.8, 4) is 6.07 Å². The molecule has 1 aromatic heterocycles. The third kappa shape index (κ3) is 3.51. The number of Topliss-reactive ketones (excluding diaryl/α,β-unsaturated/α-hetero) is 1. The summed E-state index contributed by atoms with van der Waals surface area (Å²) < 4.78 is 2.07. The van der Waals surface area contributed by atoms with Crippen LogP contribution in [0.2, 0.25) is 0 Å². The summed E-state index contributed by atoms with van der Waals surface area (Å²) in [7, 11) is 0. The van der Waals surface area contributed by atoms with Crippen molar-refractivity contribution in [1.82, 2.24) is 9.13 Å². The molecule has 0 fully saturated rings. The molecular weight excluding hydrogens is 306 g/mol. The summed E-state index contributed by atoms with van der Waals surface area (Å²) in [4.78, 5) is 36.8. The minimum absolute atomic E-state index is 0.150. The lowest BCUT2D eigenvalue weighted by Crippen LogP contribution is -2.42. The fourth-order valence-electron chi connectivity index (χ4n) is 2.48. The third-order valence-corrected chi connectivity index (χ3v) is 3.81. The van der Waals surface area contributed by atoms with Crippen LogP contribution < -0.4 is 11.2 Å². The van der Waals surface area contributed by atoms with E-state index < -0.39 is 11.2 Å². The molecule has 2 rings (SSSR count). The zero-order valence-corrected chi connectivity index (χ0v) is 13.8. The second-order valence-electron chi connectivity index (χ2n) is 5.48. The molecule has 124 valence electrons. The van der Waals surface area contributed by atoms with Gasteiger partial charge in [-0.1, -0.05) is 37.6 Å². The molecule has 0 atom stereocenters. The number of benzene rings is 1. The maximum atomic E-state index is 12.4. The van der Waals surface area contributed by atoms with Crippen molar-refractivity contribution in [1.29, 1.82) is 5.26 Å². The molecule has 2 aromatic rings. The van der Waals surface area contributed by atoms with E-state index in [-0.39, 0.29) is 17.9 Å². The average molecular weight is 325 g/mol. The van der Waals surface area contributed by atoms with Gasteiger partial charge in [0.15, 0.2) is 5.78 Å². The smallest absolute Gasteiger partial charge is 0.299 e. The van der Waals surface area contributed by atoms with Crippen molar-refractivity contribution in [3.05, 3.63) is 68.0 Å². The van der Waals surface area contributed by atoms with Crippen LogP contribution >= 0.6 is 0 Å². The number of carbonyl (C=O) groups excluding carboxylic acids is 1. The van der Waals surface area contributed by atoms with E-state index in [2.05, 4.69) is 6.92 Å². The van der Waals surface area contributed by atoms with Crippen molar-refractivity contribution >= 4 is 5.78 Å². The summed E-state index contributed by atoms with van der Waals surface area (Å²) in [6, 6.07) is 8.91. The summed E-state index contributed by atoms with van der Waals surface area (Å²) in [6.45, 7) is 3.74. The molecule has 0 aliphatic heterocycles. The number of nitriles is 1. The van der Waals surface area contributed by atoms with Crippen molar-refractivity contribution in [3.63, 3.8) is 0 Å². The predicted molar refractivity (Wildman–Crippen MR) is 90.1 cm³/mol. The van der Waals surface area contributed by atoms with Crippen molar-refractivity contribution in [2.75, 3.05) is 0 Å². The van der Waals surface area contributed by atoms with Crippen molar-refractivity contribution in [2.24, 2.45) is 0 Å². The molecule has 0 aliphatic carbocycles. The second kappa shape index (κ2) is 7.55. The van der Waals surface area contributed by atoms with E-state index in [9.17, 15) is 14.4 Å². The minimum Gasteiger partial charge on any atom is -0.299 e. The zero-order chi connectivity index (χ0) is 17.7. The summed E-state index contributed by atoms with van der Waals surface area (Å²) in [5.74, 6) is -0.338. The van der Waals surface area contributed by atoms with Crippen LogP contribution in [0, 0.1) is 11.3 Å². The third-order valence-electron chi connectivity index (χ3n) is 3.81. The maximum Gasteiger partial charge on any atom is 0.331 e. The molecule has 1 heterocycles. The molecule has 6 nitrogen and oxygen atoms in total. The predicted octanol–water partition coefficient (Wildman–Crippen LogP) is 1.74. The molecule has 0 saturated heterocycles. The summed E-state index contributed by atoms with van der Waals surface area (Å²) in [5, 5.41) is 9.02. The first kappa shape index (κ1) is 17.4. The van der Waals surface area contributed by atoms with Crippen LogP contribution in [0.5, 0.6) is 0 Å². The molecule has 0 unspecified atom stereocenters. The molecule has 0 amide bonds. The molecule has 0 bridgehead atoms. The first-order chi connectivity index (χ1) is 11.5. The van der Waals surface area contributed by atoms with E-state index in [1.807, 2.05) is 12.1 Å². The standard InChI is InChI=1S/C18H19N3O3/c1-3-5-13-6-8-14(9-7-13)16(22)12-21-17(23)15(10-19)11-20(4-2)18(21)24/h6-9,11H,3-5,12H2,1-2H3. The first-order valence-corrected chi connectivity index (χ1v) is 7.88. The Morgan fingerprint density at radius 1 is 1.17 bits per heavy atom. The van der Waals surface area contributed by atoms with Crippen LogP contribution in [-0.2, 0) is 19.5 Å². The van der Waals surface area contributed by atoms with E-state index in [4.69, 9.17) is 5.26 Å². The zero-order valence-electron chi connectivity index (χ0n) is 13.8. The van der Waals surface area contributed by atoms with Gasteiger partial charge in [0.05, 0.1) is 6.54 Å². The summed E-state index contributed by atoms with van der Waals surface area (Å²) >= 11 is 0. The number of ketones is 1. The van der Waals surface area contributed by atoms with Crippen LogP contribution in [0.15, 0.2) is 40.1 Å². The van der Waals surface area contributed by atoms with Gasteiger partial charge in [-0.3, -0.25) is 18.7 Å². The lowest BCUT2D eigenvalue weighted by Gasteiger charge is -2.09. The first-order valence-electron chi connectivity index (χ1n) is 7.88. The molecule has 0 aliphatic rings. The number of hydrogen-bond donors (Lipinski definition) is 0. The van der Waals surface area contributed by atoms with E-state index in [0.29, 0.717) is 12.1 Å². The van der Waals surface area contributed by atoms with Crippen LogP contribution in [0.1, 0.15) is 41.8 Å². The van der Waals surface area contributed by atoms with Gasteiger partial charge >= 0.3 is 5.69 Å². The van der Waals surface area contributed by atoms with Gasteiger partial charge in [0.25, 0.3) is 5.56 Å². The van der Waals surface area contributed by atoms with Gasteiger partial charge in [0.2, 0.25) is 0 Å². The number of aromatic nitrogens is 2. The summed E-state index contributed by atoms with van der Waals surface area (Å²) in [6.07, 6.45) is 3.17. The quantitative estimate of drug-likeness (QED) is 0.757. The fourth-order valence-corrected chi connectivity index (χ4v) is 2.48. The van der Waals surface area contributed by atoms with E-state index in [0.717, 1.165) is 23.0 Å². The highest BCUT2D eigenvalue weighted by atomic mass is 16.2. The molecule has 6 heteroatoms. The molecular formula is C18H19N3O3. The van der Waals surface area contributed by atoms with Crippen LogP contribution in [0.25, 0.3) is 0 Å². The van der Waals surface area contributed by atoms with Crippen LogP contribution in [-0.4, -0.2) is 14.9 Å². The Kier molecular flexibility index (Phi) is 5.48. The van der Waals surface area contributed by atoms with Gasteiger partial charge in [-0.2, -0.15) is 5.26 Å². The van der Waals surface area contributed by atoms with Gasteiger partial charge in [0, 0.05) is 18.3 Å². The minimum atomic E-state index is -0.733.